The van der Waals surface area contributed by atoms with Gasteiger partial charge in [-0.2, -0.15) is 18.2 Å². The molecule has 2 heterocycles. The fraction of sp³-hybridized carbons (Fsp3) is 0.462. The Bertz CT molecular complexity index is 544. The summed E-state index contributed by atoms with van der Waals surface area (Å²) in [4.78, 5) is 15.7. The Labute approximate surface area is 118 Å². The van der Waals surface area contributed by atoms with E-state index in [1.165, 1.54) is 0 Å². The van der Waals surface area contributed by atoms with Gasteiger partial charge in [0.25, 0.3) is 0 Å². The highest BCUT2D eigenvalue weighted by Gasteiger charge is 2.47. The number of anilines is 1. The largest absolute Gasteiger partial charge is 0.493 e. The van der Waals surface area contributed by atoms with Gasteiger partial charge < -0.3 is 14.9 Å². The fourth-order valence-corrected chi connectivity index (χ4v) is 2.50. The van der Waals surface area contributed by atoms with E-state index in [4.69, 9.17) is 4.74 Å². The van der Waals surface area contributed by atoms with E-state index in [0.717, 1.165) is 24.4 Å². The molecule has 3 rings (SSSR count). The molecule has 1 aromatic rings. The number of carbonyl (C=O) groups excluding carboxylic acids is 1. The first-order valence-electron chi connectivity index (χ1n) is 6.54. The number of rotatable bonds is 2. The van der Waals surface area contributed by atoms with Gasteiger partial charge in [0.2, 0.25) is 6.23 Å². The maximum absolute atomic E-state index is 12.4. The van der Waals surface area contributed by atoms with Crippen LogP contribution in [0.25, 0.3) is 0 Å². The molecule has 0 aromatic heterocycles. The number of para-hydroxylation sites is 2. The van der Waals surface area contributed by atoms with Gasteiger partial charge >= 0.3 is 12.1 Å². The molecule has 0 spiro atoms. The Kier molecular flexibility index (Phi) is 3.40. The maximum Gasteiger partial charge on any atom is 0.493 e. The fourth-order valence-electron chi connectivity index (χ4n) is 2.50. The van der Waals surface area contributed by atoms with E-state index >= 15 is 0 Å². The van der Waals surface area contributed by atoms with Crippen LogP contribution in [0.5, 0.6) is 5.75 Å². The number of halogens is 3. The average Bonchev–Trinajstić information content (AvgIpc) is 3.05. The van der Waals surface area contributed by atoms with Gasteiger partial charge in [-0.3, -0.25) is 0 Å². The summed E-state index contributed by atoms with van der Waals surface area (Å²) in [5, 5.41) is 4.05. The second-order valence-electron chi connectivity index (χ2n) is 4.88. The third kappa shape index (κ3) is 2.63. The molecular weight excluding hydrogens is 289 g/mol. The molecule has 21 heavy (non-hydrogen) atoms. The Balaban J connectivity index is 1.86. The molecule has 8 heteroatoms. The van der Waals surface area contributed by atoms with Crippen molar-refractivity contribution in [2.75, 3.05) is 11.6 Å². The molecule has 1 N–H and O–H groups in total. The topological polar surface area (TPSA) is 50.8 Å². The van der Waals surface area contributed by atoms with Crippen LogP contribution >= 0.6 is 0 Å². The highest BCUT2D eigenvalue weighted by atomic mass is 19.4. The minimum absolute atomic E-state index is 0.196. The second kappa shape index (κ2) is 5.10. The summed E-state index contributed by atoms with van der Waals surface area (Å²) < 4.78 is 42.9. The van der Waals surface area contributed by atoms with Crippen LogP contribution in [-0.4, -0.2) is 31.0 Å². The maximum atomic E-state index is 12.4. The number of hydrogen-bond acceptors (Lipinski definition) is 5. The first-order valence-corrected chi connectivity index (χ1v) is 6.54. The molecular formula is C13H13F3N2O3. The highest BCUT2D eigenvalue weighted by Crippen LogP contribution is 2.39. The molecule has 0 amide bonds. The predicted octanol–water partition coefficient (Wildman–Crippen LogP) is 1.98. The molecule has 5 nitrogen and oxygen atoms in total. The quantitative estimate of drug-likeness (QED) is 0.905. The number of nitrogens with zero attached hydrogens (tertiary/aromatic N) is 1. The lowest BCUT2D eigenvalue weighted by atomic mass is 10.2. The van der Waals surface area contributed by atoms with Crippen molar-refractivity contribution in [3.63, 3.8) is 0 Å². The van der Waals surface area contributed by atoms with E-state index in [9.17, 15) is 18.0 Å². The average molecular weight is 302 g/mol. The predicted molar refractivity (Wildman–Crippen MR) is 66.5 cm³/mol. The van der Waals surface area contributed by atoms with E-state index in [-0.39, 0.29) is 6.04 Å². The van der Waals surface area contributed by atoms with Gasteiger partial charge in [-0.25, -0.2) is 4.79 Å². The van der Waals surface area contributed by atoms with Gasteiger partial charge in [-0.1, -0.05) is 12.1 Å². The van der Waals surface area contributed by atoms with Gasteiger partial charge in [0.05, 0.1) is 6.04 Å². The van der Waals surface area contributed by atoms with Gasteiger partial charge in [0, 0.05) is 0 Å². The van der Waals surface area contributed by atoms with E-state index in [0.29, 0.717) is 11.4 Å². The zero-order valence-corrected chi connectivity index (χ0v) is 10.9. The molecule has 1 aromatic carbocycles. The monoisotopic (exact) mass is 302 g/mol. The molecule has 1 unspecified atom stereocenters. The molecule has 2 atom stereocenters. The molecule has 1 saturated heterocycles. The number of fused-ring (bicyclic) bond motifs is 1. The van der Waals surface area contributed by atoms with Crippen molar-refractivity contribution >= 4 is 11.7 Å². The summed E-state index contributed by atoms with van der Waals surface area (Å²) in [5.74, 6) is -1.86. The van der Waals surface area contributed by atoms with Crippen molar-refractivity contribution in [1.29, 1.82) is 0 Å². The first-order chi connectivity index (χ1) is 9.97. The summed E-state index contributed by atoms with van der Waals surface area (Å²) in [6, 6.07) is 6.32. The zero-order chi connectivity index (χ0) is 15.0. The van der Waals surface area contributed by atoms with E-state index in [1.807, 2.05) is 0 Å². The molecule has 0 aliphatic carbocycles. The number of benzene rings is 1. The Morgan fingerprint density at radius 3 is 2.81 bits per heavy atom. The molecule has 0 saturated carbocycles. The van der Waals surface area contributed by atoms with Crippen LogP contribution in [0.3, 0.4) is 0 Å². The van der Waals surface area contributed by atoms with Crippen LogP contribution in [0.15, 0.2) is 24.3 Å². The third-order valence-electron chi connectivity index (χ3n) is 3.44. The van der Waals surface area contributed by atoms with Crippen LogP contribution in [0.1, 0.15) is 12.8 Å². The summed E-state index contributed by atoms with van der Waals surface area (Å²) in [7, 11) is 0. The molecule has 0 bridgehead atoms. The Morgan fingerprint density at radius 1 is 1.38 bits per heavy atom. The van der Waals surface area contributed by atoms with Crippen molar-refractivity contribution in [2.45, 2.75) is 31.3 Å². The lowest BCUT2D eigenvalue weighted by Gasteiger charge is -2.27. The normalized spacial score (nSPS) is 24.6. The third-order valence-corrected chi connectivity index (χ3v) is 3.44. The van der Waals surface area contributed by atoms with Crippen LogP contribution in [0, 0.1) is 0 Å². The summed E-state index contributed by atoms with van der Waals surface area (Å²) >= 11 is 0. The summed E-state index contributed by atoms with van der Waals surface area (Å²) in [6.45, 7) is 0.752. The molecule has 114 valence electrons. The van der Waals surface area contributed by atoms with Crippen LogP contribution in [0.4, 0.5) is 18.9 Å². The minimum Gasteiger partial charge on any atom is -0.463 e. The lowest BCUT2D eigenvalue weighted by Crippen LogP contribution is -2.50. The molecule has 1 fully saturated rings. The number of hydrogen-bond donors (Lipinski definition) is 1. The van der Waals surface area contributed by atoms with Crippen molar-refractivity contribution in [3.8, 4) is 5.75 Å². The van der Waals surface area contributed by atoms with Crippen LogP contribution < -0.4 is 15.1 Å². The van der Waals surface area contributed by atoms with Crippen molar-refractivity contribution < 1.29 is 27.5 Å². The van der Waals surface area contributed by atoms with Crippen LogP contribution in [-0.2, 0) is 9.63 Å². The molecule has 2 aliphatic heterocycles. The minimum atomic E-state index is -5.05. The highest BCUT2D eigenvalue weighted by molar-refractivity contribution is 5.77. The number of carbonyl (C=O) groups is 1. The molecule has 2 aliphatic rings. The van der Waals surface area contributed by atoms with Crippen molar-refractivity contribution in [2.24, 2.45) is 0 Å². The Hall–Kier alpha value is -1.96. The van der Waals surface area contributed by atoms with E-state index in [2.05, 4.69) is 10.2 Å². The number of ether oxygens (including phenoxy) is 1. The molecule has 0 radical (unpaired) electrons. The smallest absolute Gasteiger partial charge is 0.463 e. The number of alkyl halides is 3. The first kappa shape index (κ1) is 14.0. The zero-order valence-electron chi connectivity index (χ0n) is 10.9. The summed E-state index contributed by atoms with van der Waals surface area (Å²) in [6.07, 6.45) is -4.22. The standard InChI is InChI=1S/C13H13F3N2O3/c14-13(15,16)12(19)21-18-9-5-1-2-6-10(9)20-11(18)8-4-3-7-17-8/h1-2,5-6,8,11,17H,3-4,7H2/t8-,11?/m1/s1. The van der Waals surface area contributed by atoms with Crippen molar-refractivity contribution in [3.05, 3.63) is 24.3 Å². The SMILES string of the molecule is O=C(ON1c2ccccc2OC1[C@H]1CCCN1)C(F)(F)F. The van der Waals surface area contributed by atoms with Gasteiger partial charge in [0.15, 0.2) is 0 Å². The van der Waals surface area contributed by atoms with Gasteiger partial charge in [-0.05, 0) is 31.5 Å². The number of hydroxylamine groups is 1. The second-order valence-corrected chi connectivity index (χ2v) is 4.88. The van der Waals surface area contributed by atoms with Gasteiger partial charge in [0.1, 0.15) is 11.4 Å². The summed E-state index contributed by atoms with van der Waals surface area (Å²) in [5.41, 5.74) is 0.314. The van der Waals surface area contributed by atoms with Crippen molar-refractivity contribution in [1.82, 2.24) is 5.32 Å². The van der Waals surface area contributed by atoms with Crippen LogP contribution in [0.2, 0.25) is 0 Å². The van der Waals surface area contributed by atoms with Gasteiger partial charge in [-0.15, -0.1) is 0 Å². The lowest BCUT2D eigenvalue weighted by molar-refractivity contribution is -0.203. The number of nitrogens with one attached hydrogen (secondary N) is 1. The van der Waals surface area contributed by atoms with E-state index in [1.54, 1.807) is 24.3 Å². The Morgan fingerprint density at radius 2 is 2.14 bits per heavy atom. The van der Waals surface area contributed by atoms with E-state index < -0.39 is 18.4 Å².